The summed E-state index contributed by atoms with van der Waals surface area (Å²) in [7, 11) is 0. The number of hydrogen-bond acceptors (Lipinski definition) is 3. The van der Waals surface area contributed by atoms with Crippen LogP contribution in [0, 0.1) is 0 Å². The molecular formula is C10H12ClNO2S. The van der Waals surface area contributed by atoms with Gasteiger partial charge in [-0.2, -0.15) is 0 Å². The number of aliphatic carboxylic acids is 1. The van der Waals surface area contributed by atoms with E-state index in [-0.39, 0.29) is 0 Å². The van der Waals surface area contributed by atoms with Crippen LogP contribution in [0.4, 0.5) is 0 Å². The first kappa shape index (κ1) is 10.9. The van der Waals surface area contributed by atoms with Gasteiger partial charge in [-0.3, -0.25) is 9.69 Å². The highest BCUT2D eigenvalue weighted by Gasteiger charge is 2.31. The molecule has 1 unspecified atom stereocenters. The molecule has 82 valence electrons. The van der Waals surface area contributed by atoms with Gasteiger partial charge in [-0.1, -0.05) is 11.6 Å². The van der Waals surface area contributed by atoms with Crippen molar-refractivity contribution in [2.24, 2.45) is 0 Å². The monoisotopic (exact) mass is 245 g/mol. The summed E-state index contributed by atoms with van der Waals surface area (Å²) in [4.78, 5) is 13.2. The lowest BCUT2D eigenvalue weighted by molar-refractivity contribution is -0.143. The molecule has 5 heteroatoms. The Balaban J connectivity index is 2.27. The zero-order valence-electron chi connectivity index (χ0n) is 8.15. The summed E-state index contributed by atoms with van der Waals surface area (Å²) in [6.45, 7) is 1.70. The molecule has 1 aromatic heterocycles. The largest absolute Gasteiger partial charge is 0.480 e. The van der Waals surface area contributed by atoms with Crippen molar-refractivity contribution in [2.45, 2.75) is 18.9 Å². The first-order valence-electron chi connectivity index (χ1n) is 4.90. The van der Waals surface area contributed by atoms with Crippen LogP contribution in [0.15, 0.2) is 11.4 Å². The Labute approximate surface area is 97.3 Å². The van der Waals surface area contributed by atoms with Gasteiger partial charge in [0.2, 0.25) is 0 Å². The fraction of sp³-hybridized carbons (Fsp3) is 0.500. The van der Waals surface area contributed by atoms with Gasteiger partial charge in [0.15, 0.2) is 0 Å². The van der Waals surface area contributed by atoms with Crippen LogP contribution in [-0.4, -0.2) is 29.1 Å². The smallest absolute Gasteiger partial charge is 0.325 e. The van der Waals surface area contributed by atoms with E-state index in [0.29, 0.717) is 4.34 Å². The molecule has 1 fully saturated rings. The molecule has 3 nitrogen and oxygen atoms in total. The summed E-state index contributed by atoms with van der Waals surface area (Å²) in [6, 6.07) is 1.25. The predicted octanol–water partition coefficient (Wildman–Crippen LogP) is 2.62. The van der Waals surface area contributed by atoms with E-state index in [1.165, 1.54) is 11.3 Å². The van der Waals surface area contributed by atoms with Gasteiger partial charge in [-0.05, 0) is 37.4 Å². The van der Waals surface area contributed by atoms with E-state index in [1.807, 2.05) is 16.3 Å². The Morgan fingerprint density at radius 1 is 1.53 bits per heavy atom. The summed E-state index contributed by atoms with van der Waals surface area (Å²) in [6.07, 6.45) is 2.15. The maximum atomic E-state index is 11.2. The fourth-order valence-electron chi connectivity index (χ4n) is 1.98. The van der Waals surface area contributed by atoms with Crippen LogP contribution in [0.1, 0.15) is 24.4 Å². The van der Waals surface area contributed by atoms with Crippen molar-refractivity contribution in [3.8, 4) is 0 Å². The van der Waals surface area contributed by atoms with E-state index in [1.54, 1.807) is 0 Å². The highest BCUT2D eigenvalue weighted by molar-refractivity contribution is 7.14. The number of likely N-dealkylation sites (tertiary alicyclic amines) is 1. The van der Waals surface area contributed by atoms with Gasteiger partial charge in [0.25, 0.3) is 0 Å². The van der Waals surface area contributed by atoms with Gasteiger partial charge >= 0.3 is 5.97 Å². The quantitative estimate of drug-likeness (QED) is 0.890. The first-order valence-corrected chi connectivity index (χ1v) is 6.15. The summed E-state index contributed by atoms with van der Waals surface area (Å²) in [5, 5.41) is 11.1. The third-order valence-corrected chi connectivity index (χ3v) is 3.88. The van der Waals surface area contributed by atoms with Crippen molar-refractivity contribution in [1.29, 1.82) is 0 Å². The Bertz CT molecular complexity index is 360. The van der Waals surface area contributed by atoms with Crippen LogP contribution in [0.3, 0.4) is 0 Å². The molecule has 2 heterocycles. The lowest BCUT2D eigenvalue weighted by atomic mass is 10.1. The molecule has 1 atom stereocenters. The normalized spacial score (nSPS) is 19.3. The van der Waals surface area contributed by atoms with Crippen molar-refractivity contribution in [1.82, 2.24) is 4.90 Å². The number of halogens is 1. The molecule has 1 aromatic rings. The molecule has 1 aliphatic heterocycles. The van der Waals surface area contributed by atoms with Gasteiger partial charge in [0.1, 0.15) is 6.04 Å². The van der Waals surface area contributed by atoms with Crippen LogP contribution < -0.4 is 0 Å². The maximum Gasteiger partial charge on any atom is 0.325 e. The van der Waals surface area contributed by atoms with Crippen LogP contribution >= 0.6 is 22.9 Å². The van der Waals surface area contributed by atoms with Crippen LogP contribution in [0.25, 0.3) is 0 Å². The van der Waals surface area contributed by atoms with Gasteiger partial charge in [0, 0.05) is 5.56 Å². The maximum absolute atomic E-state index is 11.2. The predicted molar refractivity (Wildman–Crippen MR) is 60.5 cm³/mol. The van der Waals surface area contributed by atoms with Gasteiger partial charge in [-0.25, -0.2) is 0 Å². The minimum absolute atomic E-state index is 0.564. The lowest BCUT2D eigenvalue weighted by Crippen LogP contribution is -2.31. The van der Waals surface area contributed by atoms with Crippen molar-refractivity contribution < 1.29 is 9.90 Å². The van der Waals surface area contributed by atoms with Gasteiger partial charge < -0.3 is 5.11 Å². The molecule has 1 N–H and O–H groups in total. The van der Waals surface area contributed by atoms with Crippen LogP contribution in [0.2, 0.25) is 4.34 Å². The molecule has 1 aliphatic rings. The number of carboxylic acid groups (broad SMARTS) is 1. The molecule has 0 bridgehead atoms. The molecule has 0 saturated carbocycles. The Morgan fingerprint density at radius 3 is 2.67 bits per heavy atom. The van der Waals surface area contributed by atoms with E-state index in [0.717, 1.165) is 31.5 Å². The second-order valence-corrected chi connectivity index (χ2v) is 5.15. The standard InChI is InChI=1S/C10H12ClNO2S/c11-9-7(3-6-15-9)8(10(13)14)12-4-1-2-5-12/h3,6,8H,1-2,4-5H2,(H,13,14). The Kier molecular flexibility index (Phi) is 3.29. The van der Waals surface area contributed by atoms with Crippen molar-refractivity contribution in [2.75, 3.05) is 13.1 Å². The van der Waals surface area contributed by atoms with E-state index >= 15 is 0 Å². The van der Waals surface area contributed by atoms with Gasteiger partial charge in [0.05, 0.1) is 4.34 Å². The highest BCUT2D eigenvalue weighted by Crippen LogP contribution is 2.33. The second-order valence-electron chi connectivity index (χ2n) is 3.63. The second kappa shape index (κ2) is 4.51. The number of thiophene rings is 1. The SMILES string of the molecule is O=C(O)C(c1ccsc1Cl)N1CCCC1. The Morgan fingerprint density at radius 2 is 2.20 bits per heavy atom. The molecule has 0 radical (unpaired) electrons. The molecule has 2 rings (SSSR count). The minimum atomic E-state index is -0.808. The van der Waals surface area contributed by atoms with Crippen molar-refractivity contribution in [3.05, 3.63) is 21.3 Å². The lowest BCUT2D eigenvalue weighted by Gasteiger charge is -2.23. The average molecular weight is 246 g/mol. The average Bonchev–Trinajstić information content (AvgIpc) is 2.79. The molecule has 1 saturated heterocycles. The number of hydrogen-bond donors (Lipinski definition) is 1. The van der Waals surface area contributed by atoms with E-state index in [9.17, 15) is 9.90 Å². The third-order valence-electron chi connectivity index (χ3n) is 2.68. The summed E-state index contributed by atoms with van der Waals surface area (Å²) < 4.78 is 0.592. The third kappa shape index (κ3) is 2.17. The van der Waals surface area contributed by atoms with Gasteiger partial charge in [-0.15, -0.1) is 11.3 Å². The molecule has 0 spiro atoms. The number of nitrogens with zero attached hydrogens (tertiary/aromatic N) is 1. The molecule has 0 aliphatic carbocycles. The zero-order chi connectivity index (χ0) is 10.8. The number of carboxylic acids is 1. The van der Waals surface area contributed by atoms with E-state index in [2.05, 4.69) is 0 Å². The van der Waals surface area contributed by atoms with Crippen LogP contribution in [-0.2, 0) is 4.79 Å². The topological polar surface area (TPSA) is 40.5 Å². The number of rotatable bonds is 3. The molecule has 0 amide bonds. The van der Waals surface area contributed by atoms with E-state index in [4.69, 9.17) is 11.6 Å². The molecule has 15 heavy (non-hydrogen) atoms. The van der Waals surface area contributed by atoms with E-state index < -0.39 is 12.0 Å². The highest BCUT2D eigenvalue weighted by atomic mass is 35.5. The minimum Gasteiger partial charge on any atom is -0.480 e. The van der Waals surface area contributed by atoms with Crippen molar-refractivity contribution in [3.63, 3.8) is 0 Å². The Hall–Kier alpha value is -0.580. The summed E-state index contributed by atoms with van der Waals surface area (Å²) in [5.74, 6) is -0.808. The van der Waals surface area contributed by atoms with Crippen molar-refractivity contribution >= 4 is 28.9 Å². The molecular weight excluding hydrogens is 234 g/mol. The van der Waals surface area contributed by atoms with Crippen LogP contribution in [0.5, 0.6) is 0 Å². The molecule has 0 aromatic carbocycles. The first-order chi connectivity index (χ1) is 7.20. The summed E-state index contributed by atoms with van der Waals surface area (Å²) >= 11 is 7.37. The zero-order valence-corrected chi connectivity index (χ0v) is 9.72. The number of carbonyl (C=O) groups is 1. The summed E-state index contributed by atoms with van der Waals surface area (Å²) in [5.41, 5.74) is 0.732. The fourth-order valence-corrected chi connectivity index (χ4v) is 2.96.